The van der Waals surface area contributed by atoms with Gasteiger partial charge in [-0.3, -0.25) is 0 Å². The molecular formula is C20H26FNS. The zero-order chi connectivity index (χ0) is 16.3. The fourth-order valence-corrected chi connectivity index (χ4v) is 3.37. The number of nitrogens with zero attached hydrogens (tertiary/aromatic N) is 1. The summed E-state index contributed by atoms with van der Waals surface area (Å²) in [7, 11) is 2.20. The fraction of sp³-hybridized carbons (Fsp3) is 0.400. The average molecular weight is 332 g/mol. The minimum Gasteiger partial charge on any atom is -0.306 e. The van der Waals surface area contributed by atoms with Gasteiger partial charge in [-0.2, -0.15) is 0 Å². The summed E-state index contributed by atoms with van der Waals surface area (Å²) in [6.07, 6.45) is 4.84. The number of rotatable bonds is 10. The topological polar surface area (TPSA) is 3.24 Å². The van der Waals surface area contributed by atoms with E-state index in [0.29, 0.717) is 0 Å². The van der Waals surface area contributed by atoms with Crippen LogP contribution in [0.5, 0.6) is 0 Å². The highest BCUT2D eigenvalue weighted by Crippen LogP contribution is 2.19. The van der Waals surface area contributed by atoms with Crippen molar-refractivity contribution in [2.75, 3.05) is 25.9 Å². The first kappa shape index (κ1) is 18.0. The van der Waals surface area contributed by atoms with Crippen LogP contribution in [0.2, 0.25) is 0 Å². The molecule has 0 bridgehead atoms. The van der Waals surface area contributed by atoms with Gasteiger partial charge < -0.3 is 4.90 Å². The van der Waals surface area contributed by atoms with Gasteiger partial charge >= 0.3 is 0 Å². The van der Waals surface area contributed by atoms with Gasteiger partial charge in [0.15, 0.2) is 0 Å². The van der Waals surface area contributed by atoms with Crippen LogP contribution in [0.3, 0.4) is 0 Å². The molecule has 0 aliphatic heterocycles. The maximum atomic E-state index is 12.8. The summed E-state index contributed by atoms with van der Waals surface area (Å²) in [6.45, 7) is 2.28. The summed E-state index contributed by atoms with van der Waals surface area (Å²) < 4.78 is 12.8. The molecule has 0 amide bonds. The Morgan fingerprint density at radius 3 is 2.35 bits per heavy atom. The lowest BCUT2D eigenvalue weighted by Gasteiger charge is -2.16. The fourth-order valence-electron chi connectivity index (χ4n) is 2.46. The van der Waals surface area contributed by atoms with E-state index in [1.165, 1.54) is 37.0 Å². The second-order valence-electron chi connectivity index (χ2n) is 5.90. The molecule has 0 unspecified atom stereocenters. The van der Waals surface area contributed by atoms with Gasteiger partial charge in [-0.1, -0.05) is 36.8 Å². The van der Waals surface area contributed by atoms with Crippen LogP contribution in [0.25, 0.3) is 0 Å². The van der Waals surface area contributed by atoms with Crippen LogP contribution >= 0.6 is 11.8 Å². The van der Waals surface area contributed by atoms with Crippen molar-refractivity contribution < 1.29 is 4.39 Å². The molecule has 0 spiro atoms. The summed E-state index contributed by atoms with van der Waals surface area (Å²) in [6, 6.07) is 17.4. The summed E-state index contributed by atoms with van der Waals surface area (Å²) in [5, 5.41) is 0. The summed E-state index contributed by atoms with van der Waals surface area (Å²) in [5.41, 5.74) is 1.41. The molecule has 124 valence electrons. The molecule has 1 nitrogen and oxygen atoms in total. The molecule has 0 aromatic heterocycles. The maximum absolute atomic E-state index is 12.8. The van der Waals surface area contributed by atoms with Crippen LogP contribution in [-0.4, -0.2) is 30.8 Å². The van der Waals surface area contributed by atoms with E-state index < -0.39 is 0 Å². The third-order valence-electron chi connectivity index (χ3n) is 3.89. The lowest BCUT2D eigenvalue weighted by molar-refractivity contribution is 0.329. The normalized spacial score (nSPS) is 11.1. The van der Waals surface area contributed by atoms with E-state index in [9.17, 15) is 4.39 Å². The Morgan fingerprint density at radius 1 is 0.870 bits per heavy atom. The highest BCUT2D eigenvalue weighted by molar-refractivity contribution is 7.99. The number of thioether (sulfide) groups is 1. The standard InChI is InChI=1S/C20H26FNS/c1-22(16-14-18-8-4-2-5-9-18)15-6-3-7-17-23-20-12-10-19(21)11-13-20/h2,4-5,8-13H,3,6-7,14-17H2,1H3. The molecule has 0 saturated heterocycles. The zero-order valence-electron chi connectivity index (χ0n) is 13.9. The van der Waals surface area contributed by atoms with E-state index in [1.54, 1.807) is 0 Å². The molecule has 0 N–H and O–H groups in total. The molecule has 2 aromatic carbocycles. The molecule has 0 heterocycles. The highest BCUT2D eigenvalue weighted by Gasteiger charge is 2.00. The second kappa shape index (κ2) is 10.5. The van der Waals surface area contributed by atoms with Crippen molar-refractivity contribution in [3.8, 4) is 0 Å². The number of likely N-dealkylation sites (N-methyl/N-ethyl adjacent to an activating group) is 1. The van der Waals surface area contributed by atoms with Crippen LogP contribution < -0.4 is 0 Å². The number of hydrogen-bond acceptors (Lipinski definition) is 2. The van der Waals surface area contributed by atoms with Crippen molar-refractivity contribution in [3.05, 3.63) is 66.0 Å². The Morgan fingerprint density at radius 2 is 1.61 bits per heavy atom. The SMILES string of the molecule is CN(CCCCCSc1ccc(F)cc1)CCc1ccccc1. The Kier molecular flexibility index (Phi) is 8.19. The first-order chi connectivity index (χ1) is 11.2. The Balaban J connectivity index is 1.49. The monoisotopic (exact) mass is 331 g/mol. The van der Waals surface area contributed by atoms with Gasteiger partial charge in [-0.05, 0) is 68.4 Å². The third-order valence-corrected chi connectivity index (χ3v) is 4.99. The summed E-state index contributed by atoms with van der Waals surface area (Å²) in [4.78, 5) is 3.58. The zero-order valence-corrected chi connectivity index (χ0v) is 14.7. The highest BCUT2D eigenvalue weighted by atomic mass is 32.2. The van der Waals surface area contributed by atoms with Gasteiger partial charge in [0, 0.05) is 11.4 Å². The molecule has 0 saturated carbocycles. The lowest BCUT2D eigenvalue weighted by atomic mass is 10.1. The number of benzene rings is 2. The predicted molar refractivity (Wildman–Crippen MR) is 98.6 cm³/mol. The lowest BCUT2D eigenvalue weighted by Crippen LogP contribution is -2.22. The Labute approximate surface area is 143 Å². The van der Waals surface area contributed by atoms with Crippen molar-refractivity contribution >= 4 is 11.8 Å². The molecule has 0 radical (unpaired) electrons. The molecule has 0 aliphatic rings. The van der Waals surface area contributed by atoms with Crippen LogP contribution in [0, 0.1) is 5.82 Å². The van der Waals surface area contributed by atoms with Crippen molar-refractivity contribution in [1.82, 2.24) is 4.90 Å². The van der Waals surface area contributed by atoms with Crippen molar-refractivity contribution in [3.63, 3.8) is 0 Å². The number of unbranched alkanes of at least 4 members (excludes halogenated alkanes) is 2. The predicted octanol–water partition coefficient (Wildman–Crippen LogP) is 5.26. The number of hydrogen-bond donors (Lipinski definition) is 0. The van der Waals surface area contributed by atoms with Gasteiger partial charge in [0.25, 0.3) is 0 Å². The Hall–Kier alpha value is -1.32. The van der Waals surface area contributed by atoms with Crippen molar-refractivity contribution in [1.29, 1.82) is 0 Å². The smallest absolute Gasteiger partial charge is 0.123 e. The van der Waals surface area contributed by atoms with Crippen LogP contribution in [-0.2, 0) is 6.42 Å². The molecular weight excluding hydrogens is 305 g/mol. The summed E-state index contributed by atoms with van der Waals surface area (Å²) in [5.74, 6) is 0.951. The van der Waals surface area contributed by atoms with E-state index in [4.69, 9.17) is 0 Å². The summed E-state index contributed by atoms with van der Waals surface area (Å²) >= 11 is 1.82. The second-order valence-corrected chi connectivity index (χ2v) is 7.07. The Bertz CT molecular complexity index is 541. The van der Waals surface area contributed by atoms with Crippen LogP contribution in [0.15, 0.2) is 59.5 Å². The molecule has 2 aromatic rings. The van der Waals surface area contributed by atoms with Crippen molar-refractivity contribution in [2.24, 2.45) is 0 Å². The minimum absolute atomic E-state index is 0.159. The third kappa shape index (κ3) is 7.67. The molecule has 0 aliphatic carbocycles. The van der Waals surface area contributed by atoms with E-state index >= 15 is 0 Å². The van der Waals surface area contributed by atoms with Gasteiger partial charge in [-0.15, -0.1) is 11.8 Å². The molecule has 2 rings (SSSR count). The number of halogens is 1. The van der Waals surface area contributed by atoms with Gasteiger partial charge in [-0.25, -0.2) is 4.39 Å². The van der Waals surface area contributed by atoms with E-state index in [-0.39, 0.29) is 5.82 Å². The van der Waals surface area contributed by atoms with Gasteiger partial charge in [0.2, 0.25) is 0 Å². The van der Waals surface area contributed by atoms with E-state index in [2.05, 4.69) is 42.3 Å². The molecule has 3 heteroatoms. The largest absolute Gasteiger partial charge is 0.306 e. The van der Waals surface area contributed by atoms with Crippen LogP contribution in [0.4, 0.5) is 4.39 Å². The van der Waals surface area contributed by atoms with Gasteiger partial charge in [0.1, 0.15) is 5.82 Å². The maximum Gasteiger partial charge on any atom is 0.123 e. The van der Waals surface area contributed by atoms with Crippen molar-refractivity contribution in [2.45, 2.75) is 30.6 Å². The minimum atomic E-state index is -0.159. The molecule has 0 atom stereocenters. The van der Waals surface area contributed by atoms with Crippen LogP contribution in [0.1, 0.15) is 24.8 Å². The molecule has 0 fully saturated rings. The van der Waals surface area contributed by atoms with Gasteiger partial charge in [0.05, 0.1) is 0 Å². The molecule has 23 heavy (non-hydrogen) atoms. The first-order valence-electron chi connectivity index (χ1n) is 8.35. The average Bonchev–Trinajstić information content (AvgIpc) is 2.58. The van der Waals surface area contributed by atoms with E-state index in [1.807, 2.05) is 23.9 Å². The first-order valence-corrected chi connectivity index (χ1v) is 9.33. The quantitative estimate of drug-likeness (QED) is 0.431. The van der Waals surface area contributed by atoms with E-state index in [0.717, 1.165) is 30.2 Å².